The van der Waals surface area contributed by atoms with Crippen LogP contribution < -0.4 is 10.0 Å². The molecule has 4 rings (SSSR count). The van der Waals surface area contributed by atoms with Gasteiger partial charge in [-0.05, 0) is 47.0 Å². The number of hydrogen-bond acceptors (Lipinski definition) is 4. The van der Waals surface area contributed by atoms with Gasteiger partial charge < -0.3 is 10.4 Å². The number of halogens is 2. The first kappa shape index (κ1) is 25.6. The number of carboxylic acids is 1. The number of rotatable bonds is 9. The van der Waals surface area contributed by atoms with Crippen molar-refractivity contribution in [3.05, 3.63) is 106 Å². The summed E-state index contributed by atoms with van der Waals surface area (Å²) in [5.74, 6) is -2.52. The van der Waals surface area contributed by atoms with E-state index in [2.05, 4.69) is 10.0 Å². The van der Waals surface area contributed by atoms with Crippen LogP contribution in [0.2, 0.25) is 5.02 Å². The molecule has 3 N–H and O–H groups in total. The highest BCUT2D eigenvalue weighted by Crippen LogP contribution is 2.33. The average Bonchev–Trinajstić information content (AvgIpc) is 3.23. The average molecular weight is 529 g/mol. The fourth-order valence-corrected chi connectivity index (χ4v) is 5.30. The molecule has 10 heteroatoms. The van der Waals surface area contributed by atoms with E-state index in [0.717, 1.165) is 11.6 Å². The van der Waals surface area contributed by atoms with Crippen LogP contribution in [0.25, 0.3) is 6.08 Å². The van der Waals surface area contributed by atoms with Crippen LogP contribution in [-0.4, -0.2) is 31.4 Å². The topological polar surface area (TPSA) is 113 Å². The molecular formula is C26H22ClFN2O5S. The van der Waals surface area contributed by atoms with Crippen molar-refractivity contribution in [2.24, 2.45) is 0 Å². The number of hydrogen-bond donors (Lipinski definition) is 3. The maximum Gasteiger partial charge on any atom is 0.326 e. The zero-order valence-corrected chi connectivity index (χ0v) is 20.4. The molecule has 0 saturated heterocycles. The lowest BCUT2D eigenvalue weighted by molar-refractivity contribution is -0.141. The van der Waals surface area contributed by atoms with Crippen molar-refractivity contribution in [3.8, 4) is 0 Å². The first-order valence-electron chi connectivity index (χ1n) is 11.0. The molecule has 0 radical (unpaired) electrons. The van der Waals surface area contributed by atoms with Crippen molar-refractivity contribution in [3.63, 3.8) is 0 Å². The number of benzene rings is 3. The Labute approximate surface area is 212 Å². The predicted molar refractivity (Wildman–Crippen MR) is 133 cm³/mol. The fourth-order valence-electron chi connectivity index (χ4n) is 4.01. The number of nitrogens with one attached hydrogen (secondary N) is 2. The fraction of sp³-hybridized carbons (Fsp3) is 0.154. The SMILES string of the molecule is O=C(Cc1c(F)ccc2c1C=CC2NS(=O)(=O)c1ccc(Cl)cc1)N[C@H](Cc1ccccc1)C(=O)O. The Balaban J connectivity index is 1.51. The molecule has 3 aromatic carbocycles. The normalized spacial score (nSPS) is 15.3. The highest BCUT2D eigenvalue weighted by atomic mass is 35.5. The third kappa shape index (κ3) is 5.81. The second-order valence-corrected chi connectivity index (χ2v) is 10.4. The van der Waals surface area contributed by atoms with Gasteiger partial charge in [0, 0.05) is 17.0 Å². The molecule has 0 bridgehead atoms. The van der Waals surface area contributed by atoms with Crippen LogP contribution in [0, 0.1) is 5.82 Å². The second-order valence-electron chi connectivity index (χ2n) is 8.27. The summed E-state index contributed by atoms with van der Waals surface area (Å²) in [6.07, 6.45) is 2.78. The van der Waals surface area contributed by atoms with Crippen LogP contribution >= 0.6 is 11.6 Å². The van der Waals surface area contributed by atoms with Gasteiger partial charge >= 0.3 is 5.97 Å². The van der Waals surface area contributed by atoms with Crippen molar-refractivity contribution in [1.29, 1.82) is 0 Å². The van der Waals surface area contributed by atoms with E-state index in [1.54, 1.807) is 42.5 Å². The Morgan fingerprint density at radius 3 is 2.39 bits per heavy atom. The molecule has 36 heavy (non-hydrogen) atoms. The Morgan fingerprint density at radius 1 is 1.03 bits per heavy atom. The van der Waals surface area contributed by atoms with Crippen molar-refractivity contribution in [2.75, 3.05) is 0 Å². The lowest BCUT2D eigenvalue weighted by atomic mass is 9.98. The largest absolute Gasteiger partial charge is 0.480 e. The molecule has 0 saturated carbocycles. The highest BCUT2D eigenvalue weighted by molar-refractivity contribution is 7.89. The standard InChI is InChI=1S/C26H22ClFN2O5S/c27-17-6-8-18(9-7-17)36(34,35)30-23-13-11-19-20(23)10-12-22(28)21(19)15-25(31)29-24(26(32)33)14-16-4-2-1-3-5-16/h1-13,23-24,30H,14-15H2,(H,29,31)(H,32,33)/t23?,24-/m1/s1. The van der Waals surface area contributed by atoms with E-state index in [4.69, 9.17) is 11.6 Å². The van der Waals surface area contributed by atoms with Crippen LogP contribution in [-0.2, 0) is 32.5 Å². The quantitative estimate of drug-likeness (QED) is 0.390. The van der Waals surface area contributed by atoms with Gasteiger partial charge in [0.2, 0.25) is 15.9 Å². The lowest BCUT2D eigenvalue weighted by Crippen LogP contribution is -2.43. The maximum absolute atomic E-state index is 14.7. The minimum Gasteiger partial charge on any atom is -0.480 e. The number of carbonyl (C=O) groups excluding carboxylic acids is 1. The summed E-state index contributed by atoms with van der Waals surface area (Å²) in [6.45, 7) is 0. The molecule has 3 aromatic rings. The monoisotopic (exact) mass is 528 g/mol. The van der Waals surface area contributed by atoms with Crippen LogP contribution in [0.4, 0.5) is 4.39 Å². The summed E-state index contributed by atoms with van der Waals surface area (Å²) in [4.78, 5) is 24.4. The number of carboxylic acid groups (broad SMARTS) is 1. The van der Waals surface area contributed by atoms with Gasteiger partial charge in [-0.15, -0.1) is 0 Å². The van der Waals surface area contributed by atoms with Crippen molar-refractivity contribution >= 4 is 39.6 Å². The van der Waals surface area contributed by atoms with E-state index < -0.39 is 46.2 Å². The zero-order chi connectivity index (χ0) is 25.9. The molecular weight excluding hydrogens is 507 g/mol. The van der Waals surface area contributed by atoms with E-state index in [-0.39, 0.29) is 16.9 Å². The molecule has 186 valence electrons. The van der Waals surface area contributed by atoms with Crippen LogP contribution in [0.3, 0.4) is 0 Å². The summed E-state index contributed by atoms with van der Waals surface area (Å²) in [5.41, 5.74) is 1.65. The number of carbonyl (C=O) groups is 2. The Hall–Kier alpha value is -3.53. The molecule has 0 spiro atoms. The summed E-state index contributed by atoms with van der Waals surface area (Å²) < 4.78 is 42.9. The van der Waals surface area contributed by atoms with Gasteiger partial charge in [0.1, 0.15) is 11.9 Å². The molecule has 2 atom stereocenters. The predicted octanol–water partition coefficient (Wildman–Crippen LogP) is 3.88. The molecule has 1 aliphatic rings. The maximum atomic E-state index is 14.7. The zero-order valence-electron chi connectivity index (χ0n) is 18.8. The molecule has 0 fully saturated rings. The molecule has 1 aliphatic carbocycles. The Bertz CT molecular complexity index is 1430. The van der Waals surface area contributed by atoms with Gasteiger partial charge in [-0.25, -0.2) is 17.6 Å². The van der Waals surface area contributed by atoms with Gasteiger partial charge in [0.25, 0.3) is 0 Å². The first-order valence-corrected chi connectivity index (χ1v) is 12.8. The number of aliphatic carboxylic acids is 1. The second kappa shape index (κ2) is 10.6. The van der Waals surface area contributed by atoms with E-state index in [0.29, 0.717) is 16.1 Å². The molecule has 0 aliphatic heterocycles. The Kier molecular flexibility index (Phi) is 7.53. The smallest absolute Gasteiger partial charge is 0.326 e. The molecule has 1 amide bonds. The third-order valence-corrected chi connectivity index (χ3v) is 7.49. The van der Waals surface area contributed by atoms with Crippen LogP contribution in [0.15, 0.2) is 77.7 Å². The van der Waals surface area contributed by atoms with E-state index >= 15 is 0 Å². The van der Waals surface area contributed by atoms with Gasteiger partial charge in [0.05, 0.1) is 17.4 Å². The molecule has 0 heterocycles. The van der Waals surface area contributed by atoms with Gasteiger partial charge in [-0.1, -0.05) is 60.2 Å². The minimum atomic E-state index is -3.90. The lowest BCUT2D eigenvalue weighted by Gasteiger charge is -2.17. The Morgan fingerprint density at radius 2 is 1.72 bits per heavy atom. The van der Waals surface area contributed by atoms with Gasteiger partial charge in [-0.3, -0.25) is 4.79 Å². The third-order valence-electron chi connectivity index (χ3n) is 5.78. The highest BCUT2D eigenvalue weighted by Gasteiger charge is 2.28. The van der Waals surface area contributed by atoms with E-state index in [1.807, 2.05) is 0 Å². The van der Waals surface area contributed by atoms with Crippen LogP contribution in [0.5, 0.6) is 0 Å². The number of sulfonamides is 1. The van der Waals surface area contributed by atoms with Crippen LogP contribution in [0.1, 0.15) is 28.3 Å². The van der Waals surface area contributed by atoms with Gasteiger partial charge in [0.15, 0.2) is 0 Å². The van der Waals surface area contributed by atoms with E-state index in [1.165, 1.54) is 30.3 Å². The summed E-state index contributed by atoms with van der Waals surface area (Å²) in [5, 5.41) is 12.4. The minimum absolute atomic E-state index is 0.0218. The first-order chi connectivity index (χ1) is 17.1. The van der Waals surface area contributed by atoms with Crippen molar-refractivity contribution < 1.29 is 27.5 Å². The number of fused-ring (bicyclic) bond motifs is 1. The number of amides is 1. The van der Waals surface area contributed by atoms with E-state index in [9.17, 15) is 27.5 Å². The summed E-state index contributed by atoms with van der Waals surface area (Å²) in [7, 11) is -3.90. The molecule has 7 nitrogen and oxygen atoms in total. The van der Waals surface area contributed by atoms with Crippen molar-refractivity contribution in [1.82, 2.24) is 10.0 Å². The van der Waals surface area contributed by atoms with Crippen molar-refractivity contribution in [2.45, 2.75) is 29.8 Å². The van der Waals surface area contributed by atoms with Gasteiger partial charge in [-0.2, -0.15) is 4.72 Å². The molecule has 0 aromatic heterocycles. The molecule has 1 unspecified atom stereocenters. The summed E-state index contributed by atoms with van der Waals surface area (Å²) >= 11 is 5.83. The summed E-state index contributed by atoms with van der Waals surface area (Å²) in [6, 6.07) is 15.2.